The van der Waals surface area contributed by atoms with Gasteiger partial charge in [0.1, 0.15) is 0 Å². The fourth-order valence-electron chi connectivity index (χ4n) is 2.96. The van der Waals surface area contributed by atoms with Gasteiger partial charge in [0, 0.05) is 12.1 Å². The van der Waals surface area contributed by atoms with Crippen molar-refractivity contribution >= 4 is 0 Å². The van der Waals surface area contributed by atoms with Gasteiger partial charge in [0.25, 0.3) is 0 Å². The molecule has 0 radical (unpaired) electrons. The standard InChI is InChI=1S/C15H19N/c1-4-10-14-12(6-1)7-5-11-15(14)16-13-8-2-3-9-13/h1-4,6,10,13,15-16H,5,7-9,11H2. The van der Waals surface area contributed by atoms with Crippen LogP contribution in [-0.4, -0.2) is 6.04 Å². The summed E-state index contributed by atoms with van der Waals surface area (Å²) in [5.74, 6) is 0. The monoisotopic (exact) mass is 213 g/mol. The van der Waals surface area contributed by atoms with E-state index in [0.29, 0.717) is 12.1 Å². The number of benzene rings is 1. The molecule has 1 heteroatoms. The zero-order valence-electron chi connectivity index (χ0n) is 9.65. The summed E-state index contributed by atoms with van der Waals surface area (Å²) in [6.45, 7) is 0. The van der Waals surface area contributed by atoms with Crippen molar-refractivity contribution in [2.45, 2.75) is 44.2 Å². The lowest BCUT2D eigenvalue weighted by Crippen LogP contribution is -2.32. The largest absolute Gasteiger partial charge is 0.307 e. The average molecular weight is 213 g/mol. The van der Waals surface area contributed by atoms with Gasteiger partial charge in [-0.15, -0.1) is 0 Å². The van der Waals surface area contributed by atoms with E-state index < -0.39 is 0 Å². The summed E-state index contributed by atoms with van der Waals surface area (Å²) in [6.07, 6.45) is 10.9. The third kappa shape index (κ3) is 1.92. The third-order valence-corrected chi connectivity index (χ3v) is 3.81. The normalized spacial score (nSPS) is 24.6. The van der Waals surface area contributed by atoms with Crippen LogP contribution in [0.4, 0.5) is 0 Å². The van der Waals surface area contributed by atoms with E-state index in [9.17, 15) is 0 Å². The first-order valence-electron chi connectivity index (χ1n) is 6.42. The second-order valence-corrected chi connectivity index (χ2v) is 4.95. The minimum absolute atomic E-state index is 0.592. The number of hydrogen-bond donors (Lipinski definition) is 1. The zero-order chi connectivity index (χ0) is 10.8. The van der Waals surface area contributed by atoms with Gasteiger partial charge in [-0.2, -0.15) is 0 Å². The number of fused-ring (bicyclic) bond motifs is 1. The van der Waals surface area contributed by atoms with E-state index in [1.807, 2.05) is 0 Å². The van der Waals surface area contributed by atoms with Gasteiger partial charge in [0.15, 0.2) is 0 Å². The van der Waals surface area contributed by atoms with Gasteiger partial charge >= 0.3 is 0 Å². The molecule has 0 spiro atoms. The molecule has 1 N–H and O–H groups in total. The highest BCUT2D eigenvalue weighted by Gasteiger charge is 2.22. The van der Waals surface area contributed by atoms with Crippen molar-refractivity contribution in [3.63, 3.8) is 0 Å². The van der Waals surface area contributed by atoms with Gasteiger partial charge in [0.05, 0.1) is 0 Å². The molecule has 0 amide bonds. The minimum atomic E-state index is 0.592. The van der Waals surface area contributed by atoms with E-state index in [0.717, 1.165) is 0 Å². The van der Waals surface area contributed by atoms with Crippen molar-refractivity contribution < 1.29 is 0 Å². The molecule has 2 aliphatic carbocycles. The fraction of sp³-hybridized carbons (Fsp3) is 0.467. The summed E-state index contributed by atoms with van der Waals surface area (Å²) < 4.78 is 0. The summed E-state index contributed by atoms with van der Waals surface area (Å²) in [5, 5.41) is 3.81. The van der Waals surface area contributed by atoms with Gasteiger partial charge in [0.2, 0.25) is 0 Å². The maximum Gasteiger partial charge on any atom is 0.0325 e. The molecule has 16 heavy (non-hydrogen) atoms. The van der Waals surface area contributed by atoms with Crippen LogP contribution < -0.4 is 5.32 Å². The highest BCUT2D eigenvalue weighted by atomic mass is 15.0. The molecule has 1 aromatic rings. The first kappa shape index (κ1) is 10.1. The van der Waals surface area contributed by atoms with Crippen molar-refractivity contribution in [3.05, 3.63) is 47.5 Å². The lowest BCUT2D eigenvalue weighted by Gasteiger charge is -2.29. The van der Waals surface area contributed by atoms with E-state index in [2.05, 4.69) is 41.7 Å². The Kier molecular flexibility index (Phi) is 2.79. The van der Waals surface area contributed by atoms with Crippen LogP contribution in [0.5, 0.6) is 0 Å². The SMILES string of the molecule is C1=CCC(NC2CCCc3ccccc32)C1. The lowest BCUT2D eigenvalue weighted by molar-refractivity contribution is 0.403. The number of rotatable bonds is 2. The molecule has 2 aliphatic rings. The lowest BCUT2D eigenvalue weighted by atomic mass is 9.87. The molecule has 0 aromatic heterocycles. The molecule has 84 valence electrons. The van der Waals surface area contributed by atoms with Gasteiger partial charge in [-0.1, -0.05) is 36.4 Å². The average Bonchev–Trinajstić information content (AvgIpc) is 2.82. The van der Waals surface area contributed by atoms with Gasteiger partial charge < -0.3 is 5.32 Å². The van der Waals surface area contributed by atoms with Gasteiger partial charge in [-0.05, 0) is 43.2 Å². The molecular formula is C15H19N. The maximum absolute atomic E-state index is 3.81. The molecule has 1 aromatic carbocycles. The maximum atomic E-state index is 3.81. The van der Waals surface area contributed by atoms with E-state index >= 15 is 0 Å². The van der Waals surface area contributed by atoms with Crippen molar-refractivity contribution in [2.75, 3.05) is 0 Å². The second kappa shape index (κ2) is 4.42. The highest BCUT2D eigenvalue weighted by Crippen LogP contribution is 2.30. The Morgan fingerprint density at radius 1 is 1.06 bits per heavy atom. The molecule has 0 heterocycles. The zero-order valence-corrected chi connectivity index (χ0v) is 9.65. The Morgan fingerprint density at radius 3 is 2.75 bits per heavy atom. The summed E-state index contributed by atoms with van der Waals surface area (Å²) in [7, 11) is 0. The topological polar surface area (TPSA) is 12.0 Å². The van der Waals surface area contributed by atoms with E-state index in [1.165, 1.54) is 32.1 Å². The van der Waals surface area contributed by atoms with Crippen LogP contribution >= 0.6 is 0 Å². The Hall–Kier alpha value is -1.08. The first-order chi connectivity index (χ1) is 7.93. The van der Waals surface area contributed by atoms with Crippen LogP contribution in [0.3, 0.4) is 0 Å². The van der Waals surface area contributed by atoms with Crippen LogP contribution in [0.2, 0.25) is 0 Å². The van der Waals surface area contributed by atoms with Crippen molar-refractivity contribution in [1.29, 1.82) is 0 Å². The molecule has 0 saturated carbocycles. The molecule has 1 nitrogen and oxygen atoms in total. The summed E-state index contributed by atoms with van der Waals surface area (Å²) in [6, 6.07) is 10.2. The van der Waals surface area contributed by atoms with Crippen molar-refractivity contribution in [1.82, 2.24) is 5.32 Å². The Labute approximate surface area is 97.6 Å². The summed E-state index contributed by atoms with van der Waals surface area (Å²) in [5.41, 5.74) is 3.10. The molecule has 0 aliphatic heterocycles. The van der Waals surface area contributed by atoms with Crippen LogP contribution in [0.1, 0.15) is 42.9 Å². The molecule has 0 saturated heterocycles. The highest BCUT2D eigenvalue weighted by molar-refractivity contribution is 5.32. The third-order valence-electron chi connectivity index (χ3n) is 3.81. The summed E-state index contributed by atoms with van der Waals surface area (Å²) in [4.78, 5) is 0. The van der Waals surface area contributed by atoms with Crippen LogP contribution in [0.25, 0.3) is 0 Å². The van der Waals surface area contributed by atoms with Crippen LogP contribution in [-0.2, 0) is 6.42 Å². The summed E-state index contributed by atoms with van der Waals surface area (Å²) >= 11 is 0. The fourth-order valence-corrected chi connectivity index (χ4v) is 2.96. The Balaban J connectivity index is 1.76. The molecule has 1 atom stereocenters. The minimum Gasteiger partial charge on any atom is -0.307 e. The number of hydrogen-bond acceptors (Lipinski definition) is 1. The Bertz CT molecular complexity index is 386. The van der Waals surface area contributed by atoms with Crippen LogP contribution in [0.15, 0.2) is 36.4 Å². The smallest absolute Gasteiger partial charge is 0.0325 e. The molecule has 1 unspecified atom stereocenters. The van der Waals surface area contributed by atoms with Gasteiger partial charge in [-0.25, -0.2) is 0 Å². The first-order valence-corrected chi connectivity index (χ1v) is 6.42. The van der Waals surface area contributed by atoms with E-state index in [1.54, 1.807) is 11.1 Å². The molecule has 3 rings (SSSR count). The molecule has 0 bridgehead atoms. The number of aryl methyl sites for hydroxylation is 1. The Morgan fingerprint density at radius 2 is 1.88 bits per heavy atom. The van der Waals surface area contributed by atoms with Gasteiger partial charge in [-0.3, -0.25) is 0 Å². The van der Waals surface area contributed by atoms with E-state index in [4.69, 9.17) is 0 Å². The number of nitrogens with one attached hydrogen (secondary N) is 1. The van der Waals surface area contributed by atoms with Crippen molar-refractivity contribution in [2.24, 2.45) is 0 Å². The molecule has 0 fully saturated rings. The predicted octanol–water partition coefficient (Wildman–Crippen LogP) is 3.37. The quantitative estimate of drug-likeness (QED) is 0.743. The van der Waals surface area contributed by atoms with Crippen molar-refractivity contribution in [3.8, 4) is 0 Å². The van der Waals surface area contributed by atoms with Crippen LogP contribution in [0, 0.1) is 0 Å². The molecular weight excluding hydrogens is 194 g/mol. The van der Waals surface area contributed by atoms with E-state index in [-0.39, 0.29) is 0 Å². The second-order valence-electron chi connectivity index (χ2n) is 4.95. The predicted molar refractivity (Wildman–Crippen MR) is 67.4 cm³/mol.